The minimum atomic E-state index is 0.598. The van der Waals surface area contributed by atoms with E-state index in [0.717, 1.165) is 11.3 Å². The van der Waals surface area contributed by atoms with Crippen LogP contribution >= 0.6 is 0 Å². The molecule has 0 aromatic heterocycles. The lowest BCUT2D eigenvalue weighted by Gasteiger charge is -2.08. The first-order valence-electron chi connectivity index (χ1n) is 6.76. The van der Waals surface area contributed by atoms with Gasteiger partial charge < -0.3 is 4.74 Å². The summed E-state index contributed by atoms with van der Waals surface area (Å²) in [5.74, 6) is 0.902. The van der Waals surface area contributed by atoms with Gasteiger partial charge in [0, 0.05) is 0 Å². The minimum Gasteiger partial charge on any atom is -0.489 e. The second-order valence-electron chi connectivity index (χ2n) is 4.97. The van der Waals surface area contributed by atoms with Crippen molar-refractivity contribution in [2.75, 3.05) is 0 Å². The lowest BCUT2D eigenvalue weighted by molar-refractivity contribution is 0.306. The zero-order valence-electron chi connectivity index (χ0n) is 12.1. The third-order valence-corrected chi connectivity index (χ3v) is 3.04. The number of aryl methyl sites for hydroxylation is 1. The zero-order chi connectivity index (χ0) is 14.4. The third kappa shape index (κ3) is 4.13. The first-order chi connectivity index (χ1) is 9.65. The molecule has 0 radical (unpaired) electrons. The normalized spacial score (nSPS) is 10.7. The Morgan fingerprint density at radius 1 is 1.15 bits per heavy atom. The van der Waals surface area contributed by atoms with E-state index in [4.69, 9.17) is 4.74 Å². The van der Waals surface area contributed by atoms with Crippen LogP contribution in [0, 0.1) is 6.92 Å². The highest BCUT2D eigenvalue weighted by Crippen LogP contribution is 2.20. The molecule has 0 aliphatic heterocycles. The molecule has 0 unspecified atom stereocenters. The lowest BCUT2D eigenvalue weighted by Crippen LogP contribution is -1.95. The van der Waals surface area contributed by atoms with E-state index in [1.165, 1.54) is 16.7 Å². The van der Waals surface area contributed by atoms with Crippen LogP contribution in [0.2, 0.25) is 0 Å². The Labute approximate surface area is 121 Å². The van der Waals surface area contributed by atoms with Crippen LogP contribution in [0.5, 0.6) is 5.75 Å². The second-order valence-corrected chi connectivity index (χ2v) is 4.97. The molecule has 0 N–H and O–H groups in total. The standard InChI is InChI=1S/C19H20O/c1-15(2)9-10-18-11-12-19(13-16(18)3)20-14-17-7-5-4-6-8-17/h4-13H,1,14H2,2-3H3/b10-9+. The predicted molar refractivity (Wildman–Crippen MR) is 85.8 cm³/mol. The van der Waals surface area contributed by atoms with Crippen molar-refractivity contribution in [3.05, 3.63) is 83.4 Å². The van der Waals surface area contributed by atoms with Gasteiger partial charge in [0.05, 0.1) is 0 Å². The van der Waals surface area contributed by atoms with E-state index in [0.29, 0.717) is 6.61 Å². The van der Waals surface area contributed by atoms with E-state index in [1.807, 2.05) is 37.3 Å². The lowest BCUT2D eigenvalue weighted by atomic mass is 10.1. The summed E-state index contributed by atoms with van der Waals surface area (Å²) >= 11 is 0. The van der Waals surface area contributed by atoms with E-state index in [2.05, 4.69) is 43.8 Å². The highest BCUT2D eigenvalue weighted by Gasteiger charge is 1.99. The van der Waals surface area contributed by atoms with Gasteiger partial charge in [-0.3, -0.25) is 0 Å². The summed E-state index contributed by atoms with van der Waals surface area (Å²) in [5.41, 5.74) is 4.62. The second kappa shape index (κ2) is 6.76. The van der Waals surface area contributed by atoms with Gasteiger partial charge in [0.1, 0.15) is 12.4 Å². The number of ether oxygens (including phenoxy) is 1. The van der Waals surface area contributed by atoms with E-state index in [1.54, 1.807) is 0 Å². The molecule has 20 heavy (non-hydrogen) atoms. The SMILES string of the molecule is C=C(C)/C=C/c1ccc(OCc2ccccc2)cc1C. The molecule has 1 heteroatoms. The maximum absolute atomic E-state index is 5.81. The maximum Gasteiger partial charge on any atom is 0.120 e. The Balaban J connectivity index is 2.04. The highest BCUT2D eigenvalue weighted by atomic mass is 16.5. The molecule has 2 rings (SSSR count). The monoisotopic (exact) mass is 264 g/mol. The largest absolute Gasteiger partial charge is 0.489 e. The molecule has 0 saturated heterocycles. The molecule has 0 bridgehead atoms. The molecule has 102 valence electrons. The van der Waals surface area contributed by atoms with Crippen LogP contribution in [-0.4, -0.2) is 0 Å². The van der Waals surface area contributed by atoms with Crippen molar-refractivity contribution >= 4 is 6.08 Å². The summed E-state index contributed by atoms with van der Waals surface area (Å²) in [6.45, 7) is 8.55. The molecule has 0 spiro atoms. The van der Waals surface area contributed by atoms with Gasteiger partial charge in [-0.15, -0.1) is 0 Å². The Morgan fingerprint density at radius 3 is 2.55 bits per heavy atom. The van der Waals surface area contributed by atoms with Crippen LogP contribution in [0.1, 0.15) is 23.6 Å². The fourth-order valence-corrected chi connectivity index (χ4v) is 1.90. The average Bonchev–Trinajstić information content (AvgIpc) is 2.45. The van der Waals surface area contributed by atoms with Gasteiger partial charge in [-0.25, -0.2) is 0 Å². The van der Waals surface area contributed by atoms with Crippen molar-refractivity contribution in [2.24, 2.45) is 0 Å². The Kier molecular flexibility index (Phi) is 4.78. The van der Waals surface area contributed by atoms with Crippen molar-refractivity contribution in [3.63, 3.8) is 0 Å². The first kappa shape index (κ1) is 14.1. The van der Waals surface area contributed by atoms with Crippen LogP contribution in [0.4, 0.5) is 0 Å². The van der Waals surface area contributed by atoms with Crippen molar-refractivity contribution in [1.82, 2.24) is 0 Å². The minimum absolute atomic E-state index is 0.598. The number of benzene rings is 2. The molecule has 0 amide bonds. The summed E-state index contributed by atoms with van der Waals surface area (Å²) < 4.78 is 5.81. The van der Waals surface area contributed by atoms with E-state index in [-0.39, 0.29) is 0 Å². The fraction of sp³-hybridized carbons (Fsp3) is 0.158. The number of rotatable bonds is 5. The van der Waals surface area contributed by atoms with Crippen molar-refractivity contribution < 1.29 is 4.74 Å². The van der Waals surface area contributed by atoms with Crippen molar-refractivity contribution in [3.8, 4) is 5.75 Å². The molecule has 2 aromatic carbocycles. The smallest absolute Gasteiger partial charge is 0.120 e. The summed E-state index contributed by atoms with van der Waals surface area (Å²) in [6.07, 6.45) is 4.10. The van der Waals surface area contributed by atoms with E-state index in [9.17, 15) is 0 Å². The summed E-state index contributed by atoms with van der Waals surface area (Å²) in [6, 6.07) is 16.3. The fourth-order valence-electron chi connectivity index (χ4n) is 1.90. The van der Waals surface area contributed by atoms with Gasteiger partial charge in [-0.1, -0.05) is 60.7 Å². The van der Waals surface area contributed by atoms with Crippen LogP contribution in [0.15, 0.2) is 66.8 Å². The molecule has 0 heterocycles. The van der Waals surface area contributed by atoms with Gasteiger partial charge in [0.25, 0.3) is 0 Å². The van der Waals surface area contributed by atoms with Crippen LogP contribution < -0.4 is 4.74 Å². The summed E-state index contributed by atoms with van der Waals surface area (Å²) in [4.78, 5) is 0. The number of hydrogen-bond acceptors (Lipinski definition) is 1. The molecule has 0 aliphatic carbocycles. The van der Waals surface area contributed by atoms with Crippen molar-refractivity contribution in [2.45, 2.75) is 20.5 Å². The quantitative estimate of drug-likeness (QED) is 0.677. The Bertz CT molecular complexity index is 609. The van der Waals surface area contributed by atoms with Crippen molar-refractivity contribution in [1.29, 1.82) is 0 Å². The molecule has 1 nitrogen and oxygen atoms in total. The predicted octanol–water partition coefficient (Wildman–Crippen LogP) is 5.16. The van der Waals surface area contributed by atoms with Gasteiger partial charge in [-0.2, -0.15) is 0 Å². The molecule has 0 atom stereocenters. The van der Waals surface area contributed by atoms with E-state index < -0.39 is 0 Å². The summed E-state index contributed by atoms with van der Waals surface area (Å²) in [7, 11) is 0. The number of allylic oxidation sites excluding steroid dienone is 2. The van der Waals surface area contributed by atoms with Crippen LogP contribution in [0.3, 0.4) is 0 Å². The van der Waals surface area contributed by atoms with Crippen LogP contribution in [0.25, 0.3) is 6.08 Å². The van der Waals surface area contributed by atoms with Gasteiger partial charge >= 0.3 is 0 Å². The average molecular weight is 264 g/mol. The highest BCUT2D eigenvalue weighted by molar-refractivity contribution is 5.57. The van der Waals surface area contributed by atoms with Crippen LogP contribution in [-0.2, 0) is 6.61 Å². The van der Waals surface area contributed by atoms with Gasteiger partial charge in [0.15, 0.2) is 0 Å². The molecule has 0 fully saturated rings. The molecule has 0 aliphatic rings. The topological polar surface area (TPSA) is 9.23 Å². The summed E-state index contributed by atoms with van der Waals surface area (Å²) in [5, 5.41) is 0. The van der Waals surface area contributed by atoms with Gasteiger partial charge in [0.2, 0.25) is 0 Å². The molecular formula is C19H20O. The number of hydrogen-bond donors (Lipinski definition) is 0. The zero-order valence-corrected chi connectivity index (χ0v) is 12.1. The van der Waals surface area contributed by atoms with E-state index >= 15 is 0 Å². The first-order valence-corrected chi connectivity index (χ1v) is 6.76. The molecular weight excluding hydrogens is 244 g/mol. The maximum atomic E-state index is 5.81. The Morgan fingerprint density at radius 2 is 1.90 bits per heavy atom. The van der Waals surface area contributed by atoms with Gasteiger partial charge in [-0.05, 0) is 42.7 Å². The molecule has 0 saturated carbocycles. The Hall–Kier alpha value is -2.28. The third-order valence-electron chi connectivity index (χ3n) is 3.04. The molecule has 2 aromatic rings.